The number of carbonyl (C=O) groups is 3. The molecule has 2 amide bonds. The van der Waals surface area contributed by atoms with E-state index in [1.54, 1.807) is 0 Å². The number of carbonyl (C=O) groups excluding carboxylic acids is 2. The Balaban J connectivity index is 1.75. The third kappa shape index (κ3) is 6.45. The zero-order chi connectivity index (χ0) is 28.5. The van der Waals surface area contributed by atoms with Crippen LogP contribution in [0.5, 0.6) is 5.88 Å². The van der Waals surface area contributed by atoms with E-state index >= 15 is 0 Å². The molecule has 2 aliphatic heterocycles. The van der Waals surface area contributed by atoms with Gasteiger partial charge in [-0.15, -0.1) is 0 Å². The van der Waals surface area contributed by atoms with Gasteiger partial charge in [0, 0.05) is 18.0 Å². The first-order chi connectivity index (χ1) is 18.3. The second-order valence-corrected chi connectivity index (χ2v) is 12.7. The maximum Gasteiger partial charge on any atom is 0.407 e. The van der Waals surface area contributed by atoms with Gasteiger partial charge >= 0.3 is 12.1 Å². The summed E-state index contributed by atoms with van der Waals surface area (Å²) in [5.41, 5.74) is 1.32. The normalized spacial score (nSPS) is 24.5. The Labute approximate surface area is 230 Å². The molecule has 0 saturated carbocycles. The van der Waals surface area contributed by atoms with Crippen LogP contribution >= 0.6 is 0 Å². The Bertz CT molecular complexity index is 1250. The van der Waals surface area contributed by atoms with Crippen LogP contribution in [0.4, 0.5) is 4.79 Å². The summed E-state index contributed by atoms with van der Waals surface area (Å²) in [6.45, 7) is 11.9. The van der Waals surface area contributed by atoms with Crippen LogP contribution in [0, 0.1) is 10.8 Å². The molecule has 1 fully saturated rings. The number of aliphatic carboxylic acids is 1. The van der Waals surface area contributed by atoms with E-state index < -0.39 is 41.6 Å². The average Bonchev–Trinajstić information content (AvgIpc) is 3.29. The van der Waals surface area contributed by atoms with Gasteiger partial charge in [0.2, 0.25) is 11.8 Å². The van der Waals surface area contributed by atoms with Crippen molar-refractivity contribution in [2.45, 2.75) is 91.8 Å². The highest BCUT2D eigenvalue weighted by molar-refractivity contribution is 5.91. The van der Waals surface area contributed by atoms with Crippen LogP contribution in [0.3, 0.4) is 0 Å². The molecule has 9 nitrogen and oxygen atoms in total. The fourth-order valence-electron chi connectivity index (χ4n) is 5.45. The molecule has 0 unspecified atom stereocenters. The summed E-state index contributed by atoms with van der Waals surface area (Å²) in [6, 6.07) is 4.29. The number of ether oxygens (including phenoxy) is 2. The number of pyridine rings is 1. The van der Waals surface area contributed by atoms with Crippen LogP contribution in [0.1, 0.15) is 71.9 Å². The molecule has 0 spiro atoms. The molecule has 0 radical (unpaired) electrons. The predicted molar refractivity (Wildman–Crippen MR) is 148 cm³/mol. The lowest BCUT2D eigenvalue weighted by molar-refractivity contribution is -0.150. The van der Waals surface area contributed by atoms with Gasteiger partial charge in [0.05, 0.1) is 13.2 Å². The molecule has 1 aromatic heterocycles. The fourth-order valence-corrected chi connectivity index (χ4v) is 5.45. The van der Waals surface area contributed by atoms with Gasteiger partial charge in [-0.2, -0.15) is 0 Å². The Morgan fingerprint density at radius 1 is 1.23 bits per heavy atom. The minimum Gasteiger partial charge on any atom is -0.480 e. The van der Waals surface area contributed by atoms with Gasteiger partial charge in [0.25, 0.3) is 0 Å². The third-order valence-corrected chi connectivity index (χ3v) is 7.78. The molecule has 4 rings (SSSR count). The SMILES string of the molecule is CCc1cnc2c3cc(ccc13)CCCC(C)(C)COC(=O)N[C@@H](C(C)(C)C)C(=O)N1C[C@H](C[C@H]1C(=O)O)O2. The van der Waals surface area contributed by atoms with Crippen molar-refractivity contribution in [2.75, 3.05) is 13.2 Å². The second-order valence-electron chi connectivity index (χ2n) is 12.7. The summed E-state index contributed by atoms with van der Waals surface area (Å²) in [5, 5.41) is 14.7. The minimum absolute atomic E-state index is 0.0739. The molecular formula is C30H41N3O6. The van der Waals surface area contributed by atoms with Crippen molar-refractivity contribution in [1.82, 2.24) is 15.2 Å². The molecule has 3 atom stereocenters. The van der Waals surface area contributed by atoms with Crippen LogP contribution in [0.2, 0.25) is 0 Å². The summed E-state index contributed by atoms with van der Waals surface area (Å²) in [6.07, 6.45) is 4.10. The first-order valence-corrected chi connectivity index (χ1v) is 13.8. The molecule has 2 aliphatic rings. The van der Waals surface area contributed by atoms with E-state index in [0.717, 1.165) is 47.6 Å². The molecule has 4 bridgehead atoms. The smallest absolute Gasteiger partial charge is 0.407 e. The number of aromatic nitrogens is 1. The molecule has 1 aromatic carbocycles. The number of carboxylic acid groups (broad SMARTS) is 1. The van der Waals surface area contributed by atoms with Gasteiger partial charge in [-0.1, -0.05) is 53.7 Å². The number of fused-ring (bicyclic) bond motifs is 3. The number of cyclic esters (lactones) is 1. The van der Waals surface area contributed by atoms with Crippen molar-refractivity contribution in [3.63, 3.8) is 0 Å². The highest BCUT2D eigenvalue weighted by Crippen LogP contribution is 2.33. The van der Waals surface area contributed by atoms with E-state index in [2.05, 4.69) is 49.3 Å². The van der Waals surface area contributed by atoms with E-state index in [9.17, 15) is 19.5 Å². The zero-order valence-corrected chi connectivity index (χ0v) is 23.9. The van der Waals surface area contributed by atoms with Gasteiger partial charge in [-0.25, -0.2) is 14.6 Å². The lowest BCUT2D eigenvalue weighted by atomic mass is 9.85. The van der Waals surface area contributed by atoms with Crippen molar-refractivity contribution >= 4 is 28.7 Å². The van der Waals surface area contributed by atoms with Gasteiger partial charge in [0.15, 0.2) is 0 Å². The van der Waals surface area contributed by atoms with Crippen molar-refractivity contribution in [3.05, 3.63) is 35.5 Å². The maximum atomic E-state index is 13.8. The standard InChI is InChI=1S/C30H41N3O6/c1-7-19-15-31-25-22-13-18(10-11-21(19)22)9-8-12-30(5,6)17-38-28(37)32-24(29(2,3)4)26(34)33-16-20(39-25)14-23(33)27(35)36/h10-11,13,15,20,23-24H,7-9,12,14,16-17H2,1-6H3,(H,32,37)(H,35,36)/t20-,23-,24+/m0/s1. The number of nitrogens with one attached hydrogen (secondary N) is 1. The van der Waals surface area contributed by atoms with Crippen molar-refractivity contribution < 1.29 is 29.0 Å². The third-order valence-electron chi connectivity index (χ3n) is 7.78. The molecule has 1 saturated heterocycles. The number of amides is 2. The molecular weight excluding hydrogens is 498 g/mol. The van der Waals surface area contributed by atoms with E-state index in [4.69, 9.17) is 9.47 Å². The Morgan fingerprint density at radius 3 is 2.64 bits per heavy atom. The van der Waals surface area contributed by atoms with Crippen LogP contribution in [0.25, 0.3) is 10.8 Å². The van der Waals surface area contributed by atoms with Gasteiger partial charge in [-0.05, 0) is 59.1 Å². The highest BCUT2D eigenvalue weighted by atomic mass is 16.5. The van der Waals surface area contributed by atoms with E-state index in [1.807, 2.05) is 27.0 Å². The molecule has 2 aromatic rings. The number of hydrogen-bond donors (Lipinski definition) is 2. The van der Waals surface area contributed by atoms with Gasteiger partial charge < -0.3 is 24.8 Å². The Morgan fingerprint density at radius 2 is 1.97 bits per heavy atom. The molecule has 39 heavy (non-hydrogen) atoms. The number of alkyl carbamates (subject to hydrolysis) is 1. The second kappa shape index (κ2) is 11.0. The number of nitrogens with zero attached hydrogens (tertiary/aromatic N) is 2. The van der Waals surface area contributed by atoms with Gasteiger partial charge in [-0.3, -0.25) is 4.79 Å². The first-order valence-electron chi connectivity index (χ1n) is 13.8. The van der Waals surface area contributed by atoms with Gasteiger partial charge in [0.1, 0.15) is 18.2 Å². The zero-order valence-electron chi connectivity index (χ0n) is 23.9. The largest absolute Gasteiger partial charge is 0.480 e. The predicted octanol–water partition coefficient (Wildman–Crippen LogP) is 4.73. The summed E-state index contributed by atoms with van der Waals surface area (Å²) >= 11 is 0. The number of hydrogen-bond acceptors (Lipinski definition) is 6. The van der Waals surface area contributed by atoms with E-state index in [-0.39, 0.29) is 25.0 Å². The van der Waals surface area contributed by atoms with Crippen LogP contribution in [-0.2, 0) is 27.2 Å². The first kappa shape index (κ1) is 28.6. The lowest BCUT2D eigenvalue weighted by Gasteiger charge is -2.34. The molecule has 3 heterocycles. The summed E-state index contributed by atoms with van der Waals surface area (Å²) in [5.74, 6) is -1.14. The number of rotatable bonds is 2. The average molecular weight is 540 g/mol. The van der Waals surface area contributed by atoms with Crippen molar-refractivity contribution in [1.29, 1.82) is 0 Å². The minimum atomic E-state index is -1.11. The molecule has 212 valence electrons. The topological polar surface area (TPSA) is 118 Å². The van der Waals surface area contributed by atoms with Crippen molar-refractivity contribution in [2.24, 2.45) is 10.8 Å². The lowest BCUT2D eigenvalue weighted by Crippen LogP contribution is -2.57. The Kier molecular flexibility index (Phi) is 8.09. The summed E-state index contributed by atoms with van der Waals surface area (Å²) < 4.78 is 11.9. The van der Waals surface area contributed by atoms with Crippen molar-refractivity contribution in [3.8, 4) is 5.88 Å². The van der Waals surface area contributed by atoms with Crippen LogP contribution < -0.4 is 10.1 Å². The summed E-state index contributed by atoms with van der Waals surface area (Å²) in [7, 11) is 0. The monoisotopic (exact) mass is 539 g/mol. The fraction of sp³-hybridized carbons (Fsp3) is 0.600. The molecule has 2 N–H and O–H groups in total. The summed E-state index contributed by atoms with van der Waals surface area (Å²) in [4.78, 5) is 44.7. The number of benzene rings is 1. The number of aryl methyl sites for hydroxylation is 2. The van der Waals surface area contributed by atoms with E-state index in [0.29, 0.717) is 5.88 Å². The quantitative estimate of drug-likeness (QED) is 0.566. The molecule has 0 aliphatic carbocycles. The van der Waals surface area contributed by atoms with E-state index in [1.165, 1.54) is 4.90 Å². The molecule has 9 heteroatoms. The van der Waals surface area contributed by atoms with Crippen LogP contribution in [0.15, 0.2) is 24.4 Å². The maximum absolute atomic E-state index is 13.8. The Hall–Kier alpha value is -3.36. The highest BCUT2D eigenvalue weighted by Gasteiger charge is 2.46. The number of carboxylic acids is 1. The van der Waals surface area contributed by atoms with Crippen LogP contribution in [-0.4, -0.2) is 64.3 Å².